The monoisotopic (exact) mass is 468 g/mol. The maximum Gasteiger partial charge on any atom is 0.314 e. The molecule has 0 aliphatic heterocycles. The van der Waals surface area contributed by atoms with Gasteiger partial charge in [-0.3, -0.25) is 4.79 Å². The molecule has 0 atom stereocenters. The van der Waals surface area contributed by atoms with Gasteiger partial charge in [-0.2, -0.15) is 0 Å². The average Bonchev–Trinajstić information content (AvgIpc) is 3.09. The molecule has 0 saturated heterocycles. The molecule has 0 aliphatic carbocycles. The summed E-state index contributed by atoms with van der Waals surface area (Å²) in [7, 11) is 4.04. The number of rotatable bonds is 6. The van der Waals surface area contributed by atoms with Gasteiger partial charge >= 0.3 is 5.82 Å². The van der Waals surface area contributed by atoms with Crippen molar-refractivity contribution in [2.24, 2.45) is 10.5 Å². The highest BCUT2D eigenvalue weighted by Crippen LogP contribution is 2.20. The van der Waals surface area contributed by atoms with Crippen LogP contribution in [0.3, 0.4) is 0 Å². The van der Waals surface area contributed by atoms with E-state index in [1.165, 1.54) is 0 Å². The average molecular weight is 469 g/mol. The first-order valence-electron chi connectivity index (χ1n) is 9.77. The van der Waals surface area contributed by atoms with Gasteiger partial charge in [0, 0.05) is 25.2 Å². The Labute approximate surface area is 189 Å². The molecule has 0 bridgehead atoms. The molecular weight excluding hydrogens is 440 g/mol. The number of ketones is 1. The van der Waals surface area contributed by atoms with Crippen molar-refractivity contribution in [2.45, 2.75) is 27.3 Å². The molecule has 0 radical (unpaired) electrons. The Morgan fingerprint density at radius 1 is 1.07 bits per heavy atom. The molecule has 3 rings (SSSR count). The van der Waals surface area contributed by atoms with Crippen LogP contribution in [0.25, 0.3) is 11.4 Å². The number of anilines is 1. The Kier molecular flexibility index (Phi) is 7.73. The molecule has 30 heavy (non-hydrogen) atoms. The third-order valence-corrected chi connectivity index (χ3v) is 4.80. The number of hydrogen-bond acceptors (Lipinski definition) is 3. The Balaban J connectivity index is 0.00000320. The zero-order valence-corrected chi connectivity index (χ0v) is 19.8. The molecule has 0 unspecified atom stereocenters. The molecule has 0 saturated carbocycles. The van der Waals surface area contributed by atoms with Gasteiger partial charge in [0.05, 0.1) is 11.8 Å². The lowest BCUT2D eigenvalue weighted by molar-refractivity contribution is -0.666. The number of hydrogen-bond donors (Lipinski definition) is 0. The molecule has 0 N–H and O–H groups in total. The second kappa shape index (κ2) is 9.85. The lowest BCUT2D eigenvalue weighted by atomic mass is 9.91. The van der Waals surface area contributed by atoms with Crippen LogP contribution in [-0.2, 0) is 11.3 Å². The number of Topliss-reactive ketones (excluding diaryl/α,β-unsaturated/α-hetero) is 1. The summed E-state index contributed by atoms with van der Waals surface area (Å²) >= 11 is 0. The van der Waals surface area contributed by atoms with E-state index < -0.39 is 0 Å². The summed E-state index contributed by atoms with van der Waals surface area (Å²) in [5.74, 6) is 1.06. The van der Waals surface area contributed by atoms with Crippen LogP contribution >= 0.6 is 0 Å². The van der Waals surface area contributed by atoms with Crippen molar-refractivity contribution in [1.82, 2.24) is 4.57 Å². The van der Waals surface area contributed by atoms with Crippen LogP contribution in [0.15, 0.2) is 72.1 Å². The Morgan fingerprint density at radius 3 is 2.27 bits per heavy atom. The number of nitrogens with zero attached hydrogens (tertiary/aromatic N) is 4. The second-order valence-electron chi connectivity index (χ2n) is 8.36. The minimum absolute atomic E-state index is 0. The third-order valence-electron chi connectivity index (χ3n) is 4.80. The van der Waals surface area contributed by atoms with Gasteiger partial charge in [-0.25, -0.2) is 4.57 Å². The Hall–Kier alpha value is -2.73. The van der Waals surface area contributed by atoms with E-state index in [9.17, 15) is 4.79 Å². The molecule has 0 spiro atoms. The Bertz CT molecular complexity index is 1000. The molecular formula is C24H29BrN4O. The number of halogens is 1. The van der Waals surface area contributed by atoms with Crippen molar-refractivity contribution >= 4 is 17.7 Å². The van der Waals surface area contributed by atoms with E-state index >= 15 is 0 Å². The number of aromatic nitrogens is 2. The topological polar surface area (TPSA) is 41.5 Å². The molecule has 0 amide bonds. The SMILES string of the molecule is CN(C)c1ccc(C=N[n+]2ccn(CC(=O)C(C)(C)C)c2-c2ccccc2)cc1.[Br-]. The molecule has 0 fully saturated rings. The van der Waals surface area contributed by atoms with E-state index in [2.05, 4.69) is 22.1 Å². The molecule has 158 valence electrons. The first kappa shape index (κ1) is 23.5. The summed E-state index contributed by atoms with van der Waals surface area (Å²) in [6.07, 6.45) is 5.64. The van der Waals surface area contributed by atoms with Crippen molar-refractivity contribution in [1.29, 1.82) is 0 Å². The fraction of sp³-hybridized carbons (Fsp3) is 0.292. The van der Waals surface area contributed by atoms with Crippen molar-refractivity contribution in [2.75, 3.05) is 19.0 Å². The van der Waals surface area contributed by atoms with Gasteiger partial charge < -0.3 is 21.9 Å². The van der Waals surface area contributed by atoms with Crippen LogP contribution in [0.2, 0.25) is 0 Å². The Morgan fingerprint density at radius 2 is 1.70 bits per heavy atom. The van der Waals surface area contributed by atoms with Crippen LogP contribution in [0.1, 0.15) is 26.3 Å². The van der Waals surface area contributed by atoms with E-state index in [0.717, 1.165) is 22.6 Å². The lowest BCUT2D eigenvalue weighted by Crippen LogP contribution is -3.00. The zero-order valence-electron chi connectivity index (χ0n) is 18.2. The van der Waals surface area contributed by atoms with Gasteiger partial charge in [-0.15, -0.1) is 4.68 Å². The predicted molar refractivity (Wildman–Crippen MR) is 118 cm³/mol. The van der Waals surface area contributed by atoms with Crippen molar-refractivity contribution < 1.29 is 26.5 Å². The zero-order chi connectivity index (χ0) is 21.0. The van der Waals surface area contributed by atoms with E-state index in [0.29, 0.717) is 6.54 Å². The first-order chi connectivity index (χ1) is 13.8. The second-order valence-corrected chi connectivity index (χ2v) is 8.36. The number of carbonyl (C=O) groups excluding carboxylic acids is 1. The maximum atomic E-state index is 12.6. The third kappa shape index (κ3) is 5.66. The summed E-state index contributed by atoms with van der Waals surface area (Å²) in [6, 6.07) is 18.3. The summed E-state index contributed by atoms with van der Waals surface area (Å²) in [4.78, 5) is 14.7. The smallest absolute Gasteiger partial charge is 0.314 e. The van der Waals surface area contributed by atoms with Crippen molar-refractivity contribution in [3.05, 3.63) is 72.6 Å². The molecule has 2 aromatic carbocycles. The van der Waals surface area contributed by atoms with E-state index in [1.807, 2.05) is 105 Å². The van der Waals surface area contributed by atoms with Crippen LogP contribution in [0, 0.1) is 5.41 Å². The highest BCUT2D eigenvalue weighted by molar-refractivity contribution is 5.84. The molecule has 6 heteroatoms. The minimum atomic E-state index is -0.388. The molecule has 1 aromatic heterocycles. The quantitative estimate of drug-likeness (QED) is 0.400. The normalized spacial score (nSPS) is 11.4. The molecule has 1 heterocycles. The van der Waals surface area contributed by atoms with Gasteiger partial charge in [0.15, 0.2) is 12.0 Å². The lowest BCUT2D eigenvalue weighted by Gasteiger charge is -2.15. The first-order valence-corrected chi connectivity index (χ1v) is 9.77. The highest BCUT2D eigenvalue weighted by Gasteiger charge is 2.27. The van der Waals surface area contributed by atoms with Crippen LogP contribution in [-0.4, -0.2) is 30.7 Å². The van der Waals surface area contributed by atoms with E-state index in [-0.39, 0.29) is 28.2 Å². The fourth-order valence-corrected chi connectivity index (χ4v) is 2.90. The van der Waals surface area contributed by atoms with Gasteiger partial charge in [0.1, 0.15) is 12.7 Å². The molecule has 0 aliphatic rings. The largest absolute Gasteiger partial charge is 1.00 e. The van der Waals surface area contributed by atoms with Gasteiger partial charge in [-0.05, 0) is 29.8 Å². The predicted octanol–water partition coefficient (Wildman–Crippen LogP) is 1.01. The van der Waals surface area contributed by atoms with E-state index in [1.54, 1.807) is 0 Å². The van der Waals surface area contributed by atoms with Crippen molar-refractivity contribution in [3.63, 3.8) is 0 Å². The van der Waals surface area contributed by atoms with Gasteiger partial charge in [-0.1, -0.05) is 56.2 Å². The standard InChI is InChI=1S/C24H29N4O.BrH/c1-24(2,3)22(29)18-27-15-16-28(23(27)20-9-7-6-8-10-20)25-17-19-11-13-21(14-12-19)26(4)5;/h6-17H,18H2,1-5H3;1H/q+1;/p-1. The van der Waals surface area contributed by atoms with E-state index in [4.69, 9.17) is 0 Å². The summed E-state index contributed by atoms with van der Waals surface area (Å²) in [5.41, 5.74) is 2.78. The molecule has 3 aromatic rings. The maximum absolute atomic E-state index is 12.6. The van der Waals surface area contributed by atoms with Crippen LogP contribution < -0.4 is 26.6 Å². The summed E-state index contributed by atoms with van der Waals surface area (Å²) < 4.78 is 3.79. The van der Waals surface area contributed by atoms with Crippen LogP contribution in [0.4, 0.5) is 5.69 Å². The fourth-order valence-electron chi connectivity index (χ4n) is 2.90. The highest BCUT2D eigenvalue weighted by atomic mass is 79.9. The number of carbonyl (C=O) groups is 1. The van der Waals surface area contributed by atoms with Gasteiger partial charge in [0.25, 0.3) is 0 Å². The number of benzene rings is 2. The summed E-state index contributed by atoms with van der Waals surface area (Å²) in [6.45, 7) is 6.16. The summed E-state index contributed by atoms with van der Waals surface area (Å²) in [5, 5.41) is 4.66. The molecule has 5 nitrogen and oxygen atoms in total. The van der Waals surface area contributed by atoms with Crippen molar-refractivity contribution in [3.8, 4) is 11.4 Å². The number of imidazole rings is 1. The van der Waals surface area contributed by atoms with Crippen LogP contribution in [0.5, 0.6) is 0 Å². The minimum Gasteiger partial charge on any atom is -1.00 e. The van der Waals surface area contributed by atoms with Gasteiger partial charge in [0.2, 0.25) is 0 Å².